The van der Waals surface area contributed by atoms with Gasteiger partial charge in [0.25, 0.3) is 0 Å². The van der Waals surface area contributed by atoms with E-state index in [1.165, 1.54) is 0 Å². The van der Waals surface area contributed by atoms with Gasteiger partial charge in [-0.1, -0.05) is 36.4 Å². The van der Waals surface area contributed by atoms with Crippen molar-refractivity contribution in [1.82, 2.24) is 0 Å². The molecule has 1 aromatic rings. The SMILES string of the molecule is N#CCC=Cc1cccc(C2(C#N)CC2)c1. The zero-order valence-electron chi connectivity index (χ0n) is 8.98. The molecule has 2 rings (SSSR count). The highest BCUT2D eigenvalue weighted by Crippen LogP contribution is 2.47. The molecule has 0 heterocycles. The third kappa shape index (κ3) is 1.97. The first kappa shape index (κ1) is 10.5. The zero-order valence-corrected chi connectivity index (χ0v) is 8.98. The quantitative estimate of drug-likeness (QED) is 0.765. The molecule has 2 heteroatoms. The molecule has 0 spiro atoms. The number of hydrogen-bond acceptors (Lipinski definition) is 2. The van der Waals surface area contributed by atoms with Gasteiger partial charge in [-0.05, 0) is 24.0 Å². The van der Waals surface area contributed by atoms with E-state index in [1.54, 1.807) is 0 Å². The lowest BCUT2D eigenvalue weighted by Crippen LogP contribution is -2.01. The van der Waals surface area contributed by atoms with E-state index in [9.17, 15) is 0 Å². The van der Waals surface area contributed by atoms with Crippen LogP contribution in [0.2, 0.25) is 0 Å². The molecule has 78 valence electrons. The van der Waals surface area contributed by atoms with E-state index in [2.05, 4.69) is 12.1 Å². The van der Waals surface area contributed by atoms with Crippen LogP contribution < -0.4 is 0 Å². The summed E-state index contributed by atoms with van der Waals surface area (Å²) < 4.78 is 0. The number of rotatable bonds is 3. The normalized spacial score (nSPS) is 16.6. The van der Waals surface area contributed by atoms with Gasteiger partial charge < -0.3 is 0 Å². The molecule has 0 bridgehead atoms. The van der Waals surface area contributed by atoms with Crippen LogP contribution >= 0.6 is 0 Å². The second-order valence-corrected chi connectivity index (χ2v) is 4.08. The first-order chi connectivity index (χ1) is 7.80. The largest absolute Gasteiger partial charge is 0.198 e. The first-order valence-corrected chi connectivity index (χ1v) is 5.36. The highest BCUT2D eigenvalue weighted by Gasteiger charge is 2.44. The molecule has 0 radical (unpaired) electrons. The number of hydrogen-bond donors (Lipinski definition) is 0. The standard InChI is InChI=1S/C14H12N2/c15-9-2-1-4-12-5-3-6-13(10-12)14(11-16)7-8-14/h1,3-6,10H,2,7-8H2. The van der Waals surface area contributed by atoms with Crippen molar-refractivity contribution in [2.45, 2.75) is 24.7 Å². The lowest BCUT2D eigenvalue weighted by Gasteiger charge is -2.06. The van der Waals surface area contributed by atoms with Gasteiger partial charge in [-0.25, -0.2) is 0 Å². The van der Waals surface area contributed by atoms with Gasteiger partial charge in [-0.3, -0.25) is 0 Å². The summed E-state index contributed by atoms with van der Waals surface area (Å²) in [5.41, 5.74) is 1.95. The molecular formula is C14H12N2. The smallest absolute Gasteiger partial charge is 0.0824 e. The first-order valence-electron chi connectivity index (χ1n) is 5.36. The van der Waals surface area contributed by atoms with Crippen molar-refractivity contribution in [3.05, 3.63) is 41.5 Å². The average molecular weight is 208 g/mol. The minimum absolute atomic E-state index is 0.223. The maximum Gasteiger partial charge on any atom is 0.0824 e. The Labute approximate surface area is 95.4 Å². The van der Waals surface area contributed by atoms with E-state index in [0.717, 1.165) is 24.0 Å². The number of allylic oxidation sites excluding steroid dienone is 1. The highest BCUT2D eigenvalue weighted by molar-refractivity contribution is 5.53. The summed E-state index contributed by atoms with van der Waals surface area (Å²) in [5.74, 6) is 0. The van der Waals surface area contributed by atoms with Crippen molar-refractivity contribution in [3.63, 3.8) is 0 Å². The van der Waals surface area contributed by atoms with Crippen molar-refractivity contribution in [1.29, 1.82) is 10.5 Å². The Hall–Kier alpha value is -2.06. The fraction of sp³-hybridized carbons (Fsp3) is 0.286. The Morgan fingerprint density at radius 3 is 2.75 bits per heavy atom. The molecule has 1 aliphatic rings. The van der Waals surface area contributed by atoms with Gasteiger partial charge in [0.05, 0.1) is 24.0 Å². The van der Waals surface area contributed by atoms with E-state index in [0.29, 0.717) is 6.42 Å². The van der Waals surface area contributed by atoms with Gasteiger partial charge in [-0.2, -0.15) is 10.5 Å². The monoisotopic (exact) mass is 208 g/mol. The van der Waals surface area contributed by atoms with Crippen LogP contribution in [0.4, 0.5) is 0 Å². The van der Waals surface area contributed by atoms with E-state index < -0.39 is 0 Å². The molecule has 1 aliphatic carbocycles. The van der Waals surface area contributed by atoms with Crippen LogP contribution in [-0.4, -0.2) is 0 Å². The Bertz CT molecular complexity index is 496. The van der Waals surface area contributed by atoms with Gasteiger partial charge >= 0.3 is 0 Å². The van der Waals surface area contributed by atoms with Crippen molar-refractivity contribution in [3.8, 4) is 12.1 Å². The predicted octanol–water partition coefficient (Wildman–Crippen LogP) is 3.17. The van der Waals surface area contributed by atoms with E-state index in [4.69, 9.17) is 10.5 Å². The minimum Gasteiger partial charge on any atom is -0.198 e. The summed E-state index contributed by atoms with van der Waals surface area (Å²) in [6.07, 6.45) is 6.13. The fourth-order valence-electron chi connectivity index (χ4n) is 1.78. The molecule has 0 saturated heterocycles. The molecule has 1 saturated carbocycles. The molecule has 1 aromatic carbocycles. The van der Waals surface area contributed by atoms with E-state index in [1.807, 2.05) is 36.4 Å². The maximum absolute atomic E-state index is 9.10. The summed E-state index contributed by atoms with van der Waals surface area (Å²) in [6.45, 7) is 0. The second kappa shape index (κ2) is 4.21. The van der Waals surface area contributed by atoms with Crippen molar-refractivity contribution < 1.29 is 0 Å². The summed E-state index contributed by atoms with van der Waals surface area (Å²) in [5, 5.41) is 17.5. The average Bonchev–Trinajstić information content (AvgIpc) is 3.11. The van der Waals surface area contributed by atoms with Crippen LogP contribution in [-0.2, 0) is 5.41 Å². The maximum atomic E-state index is 9.10. The van der Waals surface area contributed by atoms with Crippen molar-refractivity contribution in [2.24, 2.45) is 0 Å². The predicted molar refractivity (Wildman–Crippen MR) is 62.2 cm³/mol. The van der Waals surface area contributed by atoms with Gasteiger partial charge in [0, 0.05) is 0 Å². The molecule has 0 atom stereocenters. The number of nitriles is 2. The molecule has 16 heavy (non-hydrogen) atoms. The highest BCUT2D eigenvalue weighted by atomic mass is 14.5. The van der Waals surface area contributed by atoms with Crippen LogP contribution in [0.3, 0.4) is 0 Å². The van der Waals surface area contributed by atoms with Crippen molar-refractivity contribution >= 4 is 6.08 Å². The fourth-order valence-corrected chi connectivity index (χ4v) is 1.78. The van der Waals surface area contributed by atoms with Gasteiger partial charge in [0.1, 0.15) is 0 Å². The van der Waals surface area contributed by atoms with Crippen LogP contribution in [0, 0.1) is 22.7 Å². The molecule has 2 nitrogen and oxygen atoms in total. The summed E-state index contributed by atoms with van der Waals surface area (Å²) in [4.78, 5) is 0. The summed E-state index contributed by atoms with van der Waals surface area (Å²) in [6, 6.07) is 12.5. The lowest BCUT2D eigenvalue weighted by atomic mass is 9.96. The van der Waals surface area contributed by atoms with Crippen LogP contribution in [0.5, 0.6) is 0 Å². The van der Waals surface area contributed by atoms with Crippen LogP contribution in [0.15, 0.2) is 30.3 Å². The Kier molecular flexibility index (Phi) is 2.75. The van der Waals surface area contributed by atoms with Crippen molar-refractivity contribution in [2.75, 3.05) is 0 Å². The molecule has 1 fully saturated rings. The second-order valence-electron chi connectivity index (χ2n) is 4.08. The molecule has 0 aliphatic heterocycles. The van der Waals surface area contributed by atoms with Gasteiger partial charge in [0.2, 0.25) is 0 Å². The van der Waals surface area contributed by atoms with Crippen LogP contribution in [0.1, 0.15) is 30.4 Å². The Morgan fingerprint density at radius 2 is 2.12 bits per heavy atom. The molecular weight excluding hydrogens is 196 g/mol. The lowest BCUT2D eigenvalue weighted by molar-refractivity contribution is 0.908. The summed E-state index contributed by atoms with van der Waals surface area (Å²) >= 11 is 0. The Balaban J connectivity index is 2.22. The zero-order chi connectivity index (χ0) is 11.4. The van der Waals surface area contributed by atoms with E-state index >= 15 is 0 Å². The van der Waals surface area contributed by atoms with Gasteiger partial charge in [0.15, 0.2) is 0 Å². The molecule has 0 N–H and O–H groups in total. The molecule has 0 unspecified atom stereocenters. The van der Waals surface area contributed by atoms with Crippen LogP contribution in [0.25, 0.3) is 6.08 Å². The molecule has 0 amide bonds. The molecule has 0 aromatic heterocycles. The topological polar surface area (TPSA) is 47.6 Å². The third-order valence-corrected chi connectivity index (χ3v) is 2.92. The Morgan fingerprint density at radius 1 is 1.31 bits per heavy atom. The summed E-state index contributed by atoms with van der Waals surface area (Å²) in [7, 11) is 0. The van der Waals surface area contributed by atoms with Gasteiger partial charge in [-0.15, -0.1) is 0 Å². The third-order valence-electron chi connectivity index (χ3n) is 2.92. The van der Waals surface area contributed by atoms with E-state index in [-0.39, 0.29) is 5.41 Å². The number of benzene rings is 1. The minimum atomic E-state index is -0.223. The number of nitrogens with zero attached hydrogens (tertiary/aromatic N) is 2.